The first-order valence-corrected chi connectivity index (χ1v) is 9.99. The lowest BCUT2D eigenvalue weighted by molar-refractivity contribution is 0.244. The van der Waals surface area contributed by atoms with Gasteiger partial charge in [-0.2, -0.15) is 11.8 Å². The van der Waals surface area contributed by atoms with Gasteiger partial charge in [0.2, 0.25) is 0 Å². The van der Waals surface area contributed by atoms with Crippen LogP contribution in [0.1, 0.15) is 13.8 Å². The molecule has 7 heteroatoms. The monoisotopic (exact) mass is 330 g/mol. The third kappa shape index (κ3) is 3.97. The maximum absolute atomic E-state index is 12.0. The Morgan fingerprint density at radius 1 is 1.43 bits per heavy atom. The number of anilines is 2. The van der Waals surface area contributed by atoms with Crippen molar-refractivity contribution in [2.45, 2.75) is 25.3 Å². The molecule has 1 aromatic carbocycles. The first-order chi connectivity index (χ1) is 9.79. The highest BCUT2D eigenvalue weighted by atomic mass is 32.2. The minimum Gasteiger partial charge on any atom is -0.489 e. The summed E-state index contributed by atoms with van der Waals surface area (Å²) in [4.78, 5) is 1.93. The molecule has 0 aromatic heterocycles. The Kier molecular flexibility index (Phi) is 4.93. The molecule has 21 heavy (non-hydrogen) atoms. The summed E-state index contributed by atoms with van der Waals surface area (Å²) in [6.07, 6.45) is 1.31. The second kappa shape index (κ2) is 6.36. The van der Waals surface area contributed by atoms with Crippen molar-refractivity contribution in [3.05, 3.63) is 18.2 Å². The topological polar surface area (TPSA) is 72.6 Å². The zero-order valence-corrected chi connectivity index (χ0v) is 14.2. The van der Waals surface area contributed by atoms with Gasteiger partial charge in [-0.3, -0.25) is 0 Å². The molecular formula is C14H22N2O3S2. The van der Waals surface area contributed by atoms with Crippen LogP contribution in [-0.4, -0.2) is 44.2 Å². The number of rotatable bonds is 4. The summed E-state index contributed by atoms with van der Waals surface area (Å²) in [5.74, 6) is 2.10. The van der Waals surface area contributed by atoms with E-state index in [1.165, 1.54) is 6.26 Å². The normalized spacial score (nSPS) is 19.8. The predicted octanol–water partition coefficient (Wildman–Crippen LogP) is 1.98. The van der Waals surface area contributed by atoms with Crippen LogP contribution in [0.15, 0.2) is 18.2 Å². The zero-order chi connectivity index (χ0) is 15.6. The van der Waals surface area contributed by atoms with Crippen LogP contribution in [0.4, 0.5) is 11.4 Å². The molecule has 1 atom stereocenters. The summed E-state index contributed by atoms with van der Waals surface area (Å²) in [5.41, 5.74) is 7.33. The Balaban J connectivity index is 2.35. The van der Waals surface area contributed by atoms with Crippen molar-refractivity contribution < 1.29 is 13.2 Å². The molecular weight excluding hydrogens is 308 g/mol. The zero-order valence-electron chi connectivity index (χ0n) is 12.6. The van der Waals surface area contributed by atoms with E-state index in [4.69, 9.17) is 10.5 Å². The van der Waals surface area contributed by atoms with Gasteiger partial charge >= 0.3 is 0 Å². The Hall–Kier alpha value is -1.08. The van der Waals surface area contributed by atoms with Crippen LogP contribution >= 0.6 is 11.8 Å². The number of nitrogens with zero attached hydrogens (tertiary/aromatic N) is 1. The number of thioether (sulfide) groups is 1. The molecule has 1 aliphatic heterocycles. The summed E-state index contributed by atoms with van der Waals surface area (Å²) in [6.45, 7) is 4.57. The summed E-state index contributed by atoms with van der Waals surface area (Å²) >= 11 is 1.67. The lowest BCUT2D eigenvalue weighted by atomic mass is 10.2. The van der Waals surface area contributed by atoms with Gasteiger partial charge in [-0.05, 0) is 26.0 Å². The number of ether oxygens (including phenoxy) is 1. The highest BCUT2D eigenvalue weighted by molar-refractivity contribution is 8.01. The average Bonchev–Trinajstić information content (AvgIpc) is 2.40. The van der Waals surface area contributed by atoms with E-state index in [1.54, 1.807) is 17.8 Å². The lowest BCUT2D eigenvalue weighted by Gasteiger charge is -2.36. The fraction of sp³-hybridized carbons (Fsp3) is 0.571. The van der Waals surface area contributed by atoms with E-state index in [-0.39, 0.29) is 6.10 Å². The molecule has 0 radical (unpaired) electrons. The van der Waals surface area contributed by atoms with Crippen LogP contribution in [-0.2, 0) is 9.84 Å². The van der Waals surface area contributed by atoms with Gasteiger partial charge in [0.1, 0.15) is 11.1 Å². The Labute approximate surface area is 130 Å². The first kappa shape index (κ1) is 16.3. The molecule has 118 valence electrons. The molecule has 1 unspecified atom stereocenters. The molecule has 1 aliphatic rings. The van der Waals surface area contributed by atoms with E-state index in [2.05, 4.69) is 0 Å². The summed E-state index contributed by atoms with van der Waals surface area (Å²) in [5, 5.41) is -0.494. The van der Waals surface area contributed by atoms with Crippen molar-refractivity contribution in [2.24, 2.45) is 0 Å². The minimum atomic E-state index is -3.14. The van der Waals surface area contributed by atoms with E-state index >= 15 is 0 Å². The van der Waals surface area contributed by atoms with Crippen LogP contribution < -0.4 is 15.4 Å². The fourth-order valence-electron chi connectivity index (χ4n) is 2.29. The van der Waals surface area contributed by atoms with Crippen LogP contribution in [0.2, 0.25) is 0 Å². The first-order valence-electron chi connectivity index (χ1n) is 6.88. The molecule has 1 heterocycles. The highest BCUT2D eigenvalue weighted by Gasteiger charge is 2.31. The van der Waals surface area contributed by atoms with Crippen molar-refractivity contribution in [1.82, 2.24) is 0 Å². The number of nitrogens with two attached hydrogens (primary N) is 1. The van der Waals surface area contributed by atoms with Crippen LogP contribution in [0, 0.1) is 0 Å². The third-order valence-corrected chi connectivity index (χ3v) is 5.91. The number of hydrogen-bond acceptors (Lipinski definition) is 6. The van der Waals surface area contributed by atoms with Gasteiger partial charge in [0, 0.05) is 36.1 Å². The van der Waals surface area contributed by atoms with Crippen molar-refractivity contribution in [2.75, 3.05) is 34.9 Å². The summed E-state index contributed by atoms with van der Waals surface area (Å²) < 4.78 is 29.7. The summed E-state index contributed by atoms with van der Waals surface area (Å²) in [7, 11) is -3.14. The quantitative estimate of drug-likeness (QED) is 0.851. The lowest BCUT2D eigenvalue weighted by Crippen LogP contribution is -2.47. The molecule has 1 saturated heterocycles. The van der Waals surface area contributed by atoms with Gasteiger partial charge in [0.15, 0.2) is 9.84 Å². The summed E-state index contributed by atoms with van der Waals surface area (Å²) in [6, 6.07) is 5.47. The smallest absolute Gasteiger partial charge is 0.169 e. The average molecular weight is 330 g/mol. The van der Waals surface area contributed by atoms with E-state index in [9.17, 15) is 8.42 Å². The molecule has 1 aromatic rings. The van der Waals surface area contributed by atoms with Crippen LogP contribution in [0.3, 0.4) is 0 Å². The number of nitrogen functional groups attached to an aromatic ring is 1. The van der Waals surface area contributed by atoms with Gasteiger partial charge in [-0.1, -0.05) is 0 Å². The molecule has 2 N–H and O–H groups in total. The third-order valence-electron chi connectivity index (χ3n) is 3.27. The van der Waals surface area contributed by atoms with Crippen molar-refractivity contribution >= 4 is 33.0 Å². The van der Waals surface area contributed by atoms with Crippen LogP contribution in [0.25, 0.3) is 0 Å². The predicted molar refractivity (Wildman–Crippen MR) is 89.9 cm³/mol. The van der Waals surface area contributed by atoms with Gasteiger partial charge in [-0.25, -0.2) is 8.42 Å². The Bertz CT molecular complexity index is 602. The van der Waals surface area contributed by atoms with Gasteiger partial charge in [0.25, 0.3) is 0 Å². The number of benzene rings is 1. The van der Waals surface area contributed by atoms with Crippen molar-refractivity contribution in [3.8, 4) is 5.75 Å². The maximum Gasteiger partial charge on any atom is 0.169 e. The van der Waals surface area contributed by atoms with Crippen LogP contribution in [0.5, 0.6) is 5.75 Å². The molecule has 5 nitrogen and oxygen atoms in total. The number of sulfone groups is 1. The van der Waals surface area contributed by atoms with Crippen molar-refractivity contribution in [1.29, 1.82) is 0 Å². The maximum atomic E-state index is 12.0. The molecule has 0 spiro atoms. The van der Waals surface area contributed by atoms with E-state index in [0.29, 0.717) is 23.7 Å². The van der Waals surface area contributed by atoms with Gasteiger partial charge in [-0.15, -0.1) is 0 Å². The molecule has 0 bridgehead atoms. The standard InChI is InChI=1S/C14H22N2O3S2/c1-10(2)19-13-8-11(4-5-12(13)15)16-6-7-20-9-14(16)21(3,17)18/h4-5,8,10,14H,6-7,9,15H2,1-3H3. The van der Waals surface area contributed by atoms with E-state index < -0.39 is 15.2 Å². The highest BCUT2D eigenvalue weighted by Crippen LogP contribution is 2.32. The van der Waals surface area contributed by atoms with Gasteiger partial charge < -0.3 is 15.4 Å². The molecule has 1 fully saturated rings. The second-order valence-corrected chi connectivity index (χ2v) is 8.79. The SMILES string of the molecule is CC(C)Oc1cc(N2CCSCC2S(C)(=O)=O)ccc1N. The largest absolute Gasteiger partial charge is 0.489 e. The van der Waals surface area contributed by atoms with E-state index in [0.717, 1.165) is 11.4 Å². The van der Waals surface area contributed by atoms with Crippen molar-refractivity contribution in [3.63, 3.8) is 0 Å². The molecule has 0 amide bonds. The number of hydrogen-bond donors (Lipinski definition) is 1. The Morgan fingerprint density at radius 3 is 2.76 bits per heavy atom. The molecule has 2 rings (SSSR count). The Morgan fingerprint density at radius 2 is 2.14 bits per heavy atom. The fourth-order valence-corrected chi connectivity index (χ4v) is 5.13. The minimum absolute atomic E-state index is 0.0187. The second-order valence-electron chi connectivity index (χ2n) is 5.44. The molecule has 0 aliphatic carbocycles. The van der Waals surface area contributed by atoms with Gasteiger partial charge in [0.05, 0.1) is 11.8 Å². The van der Waals surface area contributed by atoms with E-state index in [1.807, 2.05) is 30.9 Å². The molecule has 0 saturated carbocycles.